The van der Waals surface area contributed by atoms with Crippen molar-refractivity contribution in [2.24, 2.45) is 0 Å². The molecular formula is C26H27BrClN3O4S. The zero-order valence-electron chi connectivity index (χ0n) is 20.1. The van der Waals surface area contributed by atoms with E-state index in [0.717, 1.165) is 9.87 Å². The Balaban J connectivity index is 2.05. The Morgan fingerprint density at radius 2 is 1.69 bits per heavy atom. The minimum atomic E-state index is -4.11. The lowest BCUT2D eigenvalue weighted by molar-refractivity contribution is -0.139. The number of nitrogens with one attached hydrogen (secondary N) is 1. The summed E-state index contributed by atoms with van der Waals surface area (Å²) in [5.74, 6) is -0.938. The maximum absolute atomic E-state index is 13.7. The number of aryl methyl sites for hydroxylation is 1. The van der Waals surface area contributed by atoms with Gasteiger partial charge in [0.25, 0.3) is 10.0 Å². The first-order chi connectivity index (χ1) is 17.0. The monoisotopic (exact) mass is 591 g/mol. The fourth-order valence-corrected chi connectivity index (χ4v) is 5.59. The van der Waals surface area contributed by atoms with Gasteiger partial charge in [-0.05, 0) is 55.8 Å². The Bertz CT molecular complexity index is 1350. The molecular weight excluding hydrogens is 566 g/mol. The summed E-state index contributed by atoms with van der Waals surface area (Å²) in [6.45, 7) is 2.96. The van der Waals surface area contributed by atoms with Gasteiger partial charge in [0.1, 0.15) is 12.6 Å². The molecule has 3 aromatic carbocycles. The van der Waals surface area contributed by atoms with Gasteiger partial charge < -0.3 is 10.2 Å². The van der Waals surface area contributed by atoms with Crippen molar-refractivity contribution in [1.82, 2.24) is 10.2 Å². The van der Waals surface area contributed by atoms with E-state index in [9.17, 15) is 18.0 Å². The molecule has 1 atom stereocenters. The molecule has 0 heterocycles. The number of halogens is 2. The zero-order valence-corrected chi connectivity index (χ0v) is 23.3. The number of carbonyl (C=O) groups excluding carboxylic acids is 2. The van der Waals surface area contributed by atoms with Gasteiger partial charge in [-0.15, -0.1) is 0 Å². The lowest BCUT2D eigenvalue weighted by Crippen LogP contribution is -2.50. The van der Waals surface area contributed by atoms with Gasteiger partial charge in [-0.3, -0.25) is 13.9 Å². The summed E-state index contributed by atoms with van der Waals surface area (Å²) in [5.41, 5.74) is 1.85. The van der Waals surface area contributed by atoms with Crippen LogP contribution in [-0.2, 0) is 26.2 Å². The fourth-order valence-electron chi connectivity index (χ4n) is 3.60. The maximum Gasteiger partial charge on any atom is 0.264 e. The molecule has 7 nitrogen and oxygen atoms in total. The van der Waals surface area contributed by atoms with Gasteiger partial charge in [0, 0.05) is 23.1 Å². The topological polar surface area (TPSA) is 86.8 Å². The van der Waals surface area contributed by atoms with E-state index < -0.39 is 28.5 Å². The first-order valence-electron chi connectivity index (χ1n) is 11.1. The van der Waals surface area contributed by atoms with Gasteiger partial charge in [-0.25, -0.2) is 8.42 Å². The van der Waals surface area contributed by atoms with Gasteiger partial charge >= 0.3 is 0 Å². The number of rotatable bonds is 9. The van der Waals surface area contributed by atoms with Crippen molar-refractivity contribution in [1.29, 1.82) is 0 Å². The molecule has 0 aliphatic carbocycles. The smallest absolute Gasteiger partial charge is 0.264 e. The lowest BCUT2D eigenvalue weighted by Gasteiger charge is -2.32. The Morgan fingerprint density at radius 1 is 1.03 bits per heavy atom. The molecule has 0 aliphatic rings. The predicted octanol–water partition coefficient (Wildman–Crippen LogP) is 4.77. The highest BCUT2D eigenvalue weighted by Crippen LogP contribution is 2.27. The summed E-state index contributed by atoms with van der Waals surface area (Å²) in [5, 5.41) is 2.99. The standard InChI is InChI=1S/C26H27BrClN3O4S/c1-18-11-13-23(14-12-18)36(34,35)31(22-9-6-8-21(27)15-22)17-25(32)30(19(2)26(33)29-3)16-20-7-4-5-10-24(20)28/h4-15,19H,16-17H2,1-3H3,(H,29,33)/t19-/m1/s1. The van der Waals surface area contributed by atoms with E-state index in [0.29, 0.717) is 20.7 Å². The van der Waals surface area contributed by atoms with Crippen molar-refractivity contribution in [2.45, 2.75) is 31.3 Å². The number of carbonyl (C=O) groups is 2. The Labute approximate surface area is 225 Å². The summed E-state index contributed by atoms with van der Waals surface area (Å²) in [6, 6.07) is 19.2. The van der Waals surface area contributed by atoms with Gasteiger partial charge in [0.15, 0.2) is 0 Å². The zero-order chi connectivity index (χ0) is 26.5. The minimum Gasteiger partial charge on any atom is -0.357 e. The van der Waals surface area contributed by atoms with Crippen molar-refractivity contribution in [3.05, 3.63) is 93.4 Å². The molecule has 0 aliphatic heterocycles. The van der Waals surface area contributed by atoms with Crippen LogP contribution in [0.4, 0.5) is 5.69 Å². The van der Waals surface area contributed by atoms with Crippen LogP contribution in [0.3, 0.4) is 0 Å². The number of hydrogen-bond donors (Lipinski definition) is 1. The van der Waals surface area contributed by atoms with E-state index in [1.54, 1.807) is 67.6 Å². The number of likely N-dealkylation sites (N-methyl/N-ethyl adjacent to an activating group) is 1. The van der Waals surface area contributed by atoms with Crippen LogP contribution in [-0.4, -0.2) is 44.8 Å². The summed E-state index contributed by atoms with van der Waals surface area (Å²) < 4.78 is 29.2. The second-order valence-corrected chi connectivity index (χ2v) is 11.4. The molecule has 0 spiro atoms. The molecule has 1 N–H and O–H groups in total. The fraction of sp³-hybridized carbons (Fsp3) is 0.231. The summed E-state index contributed by atoms with van der Waals surface area (Å²) in [7, 11) is -2.63. The molecule has 10 heteroatoms. The predicted molar refractivity (Wildman–Crippen MR) is 145 cm³/mol. The van der Waals surface area contributed by atoms with E-state index in [4.69, 9.17) is 11.6 Å². The van der Waals surface area contributed by atoms with Crippen LogP contribution in [0, 0.1) is 6.92 Å². The molecule has 36 heavy (non-hydrogen) atoms. The van der Waals surface area contributed by atoms with E-state index >= 15 is 0 Å². The van der Waals surface area contributed by atoms with Crippen LogP contribution < -0.4 is 9.62 Å². The Hall–Kier alpha value is -2.88. The molecule has 0 unspecified atom stereocenters. The molecule has 190 valence electrons. The third kappa shape index (κ3) is 6.46. The van der Waals surface area contributed by atoms with E-state index in [2.05, 4.69) is 21.2 Å². The molecule has 2 amide bonds. The lowest BCUT2D eigenvalue weighted by atomic mass is 10.1. The number of amides is 2. The van der Waals surface area contributed by atoms with Crippen LogP contribution in [0.1, 0.15) is 18.1 Å². The minimum absolute atomic E-state index is 0.0317. The van der Waals surface area contributed by atoms with Crippen LogP contribution in [0.15, 0.2) is 82.2 Å². The van der Waals surface area contributed by atoms with E-state index in [1.165, 1.54) is 24.1 Å². The van der Waals surface area contributed by atoms with Crippen LogP contribution in [0.2, 0.25) is 5.02 Å². The van der Waals surface area contributed by atoms with Crippen molar-refractivity contribution in [3.8, 4) is 0 Å². The molecule has 0 bridgehead atoms. The van der Waals surface area contributed by atoms with E-state index in [-0.39, 0.29) is 17.3 Å². The molecule has 0 saturated carbocycles. The molecule has 0 radical (unpaired) electrons. The second kappa shape index (κ2) is 11.9. The Kier molecular flexibility index (Phi) is 9.16. The molecule has 0 aromatic heterocycles. The molecule has 3 aromatic rings. The highest BCUT2D eigenvalue weighted by Gasteiger charge is 2.32. The average molecular weight is 593 g/mol. The number of hydrogen-bond acceptors (Lipinski definition) is 4. The van der Waals surface area contributed by atoms with Crippen LogP contribution in [0.25, 0.3) is 0 Å². The number of sulfonamides is 1. The van der Waals surface area contributed by atoms with Crippen LogP contribution in [0.5, 0.6) is 0 Å². The molecule has 0 saturated heterocycles. The van der Waals surface area contributed by atoms with Gasteiger partial charge in [0.05, 0.1) is 10.6 Å². The summed E-state index contributed by atoms with van der Waals surface area (Å²) in [6.07, 6.45) is 0. The van der Waals surface area contributed by atoms with E-state index in [1.807, 2.05) is 6.92 Å². The number of benzene rings is 3. The Morgan fingerprint density at radius 3 is 2.31 bits per heavy atom. The first-order valence-corrected chi connectivity index (χ1v) is 13.7. The third-order valence-corrected chi connectivity index (χ3v) is 8.35. The summed E-state index contributed by atoms with van der Waals surface area (Å²) >= 11 is 9.70. The molecule has 0 fully saturated rings. The van der Waals surface area contributed by atoms with Crippen molar-refractivity contribution in [2.75, 3.05) is 17.9 Å². The second-order valence-electron chi connectivity index (χ2n) is 8.21. The number of nitrogens with zero attached hydrogens (tertiary/aromatic N) is 2. The van der Waals surface area contributed by atoms with Gasteiger partial charge in [0.2, 0.25) is 11.8 Å². The van der Waals surface area contributed by atoms with Crippen LogP contribution >= 0.6 is 27.5 Å². The van der Waals surface area contributed by atoms with Crippen molar-refractivity contribution >= 4 is 55.1 Å². The normalized spacial score (nSPS) is 12.0. The van der Waals surface area contributed by atoms with Crippen molar-refractivity contribution in [3.63, 3.8) is 0 Å². The highest BCUT2D eigenvalue weighted by atomic mass is 79.9. The first kappa shape index (κ1) is 27.7. The molecule has 3 rings (SSSR count). The van der Waals surface area contributed by atoms with Gasteiger partial charge in [-0.1, -0.05) is 69.5 Å². The summed E-state index contributed by atoms with van der Waals surface area (Å²) in [4.78, 5) is 27.6. The highest BCUT2D eigenvalue weighted by molar-refractivity contribution is 9.10. The van der Waals surface area contributed by atoms with Crippen molar-refractivity contribution < 1.29 is 18.0 Å². The average Bonchev–Trinajstić information content (AvgIpc) is 2.85. The third-order valence-electron chi connectivity index (χ3n) is 5.70. The number of anilines is 1. The largest absolute Gasteiger partial charge is 0.357 e. The maximum atomic E-state index is 13.7. The quantitative estimate of drug-likeness (QED) is 0.388. The van der Waals surface area contributed by atoms with Gasteiger partial charge in [-0.2, -0.15) is 0 Å². The SMILES string of the molecule is CNC(=O)[C@@H](C)N(Cc1ccccc1Cl)C(=O)CN(c1cccc(Br)c1)S(=O)(=O)c1ccc(C)cc1.